The number of carbonyl (C=O) groups excluding carboxylic acids is 4. The molecule has 9 heteroatoms. The van der Waals surface area contributed by atoms with E-state index >= 15 is 0 Å². The van der Waals surface area contributed by atoms with Gasteiger partial charge in [0.15, 0.2) is 0 Å². The van der Waals surface area contributed by atoms with Crippen molar-refractivity contribution in [1.82, 2.24) is 14.8 Å². The molecule has 1 saturated heterocycles. The van der Waals surface area contributed by atoms with Gasteiger partial charge in [-0.2, -0.15) is 0 Å². The third-order valence-electron chi connectivity index (χ3n) is 6.49. The molecule has 0 bridgehead atoms. The number of fused-ring (bicyclic) bond motifs is 1. The molecule has 0 radical (unpaired) electrons. The SMILES string of the molecule is O=C(Nc1ccncc1)c1ccccc1N1CCN(C(=O)CN2C(=O)Cc3ccccc3C2=O)CC1. The Hall–Kier alpha value is -4.53. The van der Waals surface area contributed by atoms with Gasteiger partial charge in [0.25, 0.3) is 11.8 Å². The second-order valence-electron chi connectivity index (χ2n) is 8.69. The van der Waals surface area contributed by atoms with Crippen LogP contribution in [0.25, 0.3) is 0 Å². The van der Waals surface area contributed by atoms with Crippen LogP contribution in [0.5, 0.6) is 0 Å². The predicted molar refractivity (Wildman–Crippen MR) is 134 cm³/mol. The first-order chi connectivity index (χ1) is 17.5. The Morgan fingerprint density at radius 2 is 1.56 bits per heavy atom. The number of aromatic nitrogens is 1. The zero-order valence-electron chi connectivity index (χ0n) is 19.6. The van der Waals surface area contributed by atoms with E-state index in [2.05, 4.69) is 15.2 Å². The van der Waals surface area contributed by atoms with Gasteiger partial charge in [0, 0.05) is 55.5 Å². The Morgan fingerprint density at radius 1 is 0.861 bits per heavy atom. The normalized spacial score (nSPS) is 15.5. The molecule has 0 saturated carbocycles. The molecule has 0 aliphatic carbocycles. The Bertz CT molecular complexity index is 1320. The number of nitrogens with zero attached hydrogens (tertiary/aromatic N) is 4. The smallest absolute Gasteiger partial charge is 0.261 e. The second-order valence-corrected chi connectivity index (χ2v) is 8.69. The lowest BCUT2D eigenvalue weighted by Crippen LogP contribution is -2.53. The van der Waals surface area contributed by atoms with Gasteiger partial charge in [0.1, 0.15) is 6.54 Å². The van der Waals surface area contributed by atoms with Crippen LogP contribution in [0.3, 0.4) is 0 Å². The molecule has 2 aliphatic rings. The average molecular weight is 484 g/mol. The van der Waals surface area contributed by atoms with Crippen LogP contribution in [0.1, 0.15) is 26.3 Å². The highest BCUT2D eigenvalue weighted by Crippen LogP contribution is 2.24. The molecule has 1 fully saturated rings. The number of carbonyl (C=O) groups is 4. The maximum atomic E-state index is 13.0. The number of rotatable bonds is 5. The van der Waals surface area contributed by atoms with Crippen molar-refractivity contribution in [2.24, 2.45) is 0 Å². The van der Waals surface area contributed by atoms with Crippen LogP contribution in [0.4, 0.5) is 11.4 Å². The maximum absolute atomic E-state index is 13.0. The monoisotopic (exact) mass is 483 g/mol. The van der Waals surface area contributed by atoms with Crippen LogP contribution in [0.15, 0.2) is 73.1 Å². The number of pyridine rings is 1. The fraction of sp³-hybridized carbons (Fsp3) is 0.222. The minimum atomic E-state index is -0.428. The zero-order chi connectivity index (χ0) is 25.1. The van der Waals surface area contributed by atoms with Gasteiger partial charge in [0.2, 0.25) is 11.8 Å². The third-order valence-corrected chi connectivity index (χ3v) is 6.49. The van der Waals surface area contributed by atoms with Crippen molar-refractivity contribution in [2.45, 2.75) is 6.42 Å². The van der Waals surface area contributed by atoms with E-state index in [1.165, 1.54) is 0 Å². The molecular formula is C27H25N5O4. The zero-order valence-corrected chi connectivity index (χ0v) is 19.6. The minimum absolute atomic E-state index is 0.112. The highest BCUT2D eigenvalue weighted by molar-refractivity contribution is 6.11. The number of benzene rings is 2. The summed E-state index contributed by atoms with van der Waals surface area (Å²) in [6.45, 7) is 1.63. The lowest BCUT2D eigenvalue weighted by Gasteiger charge is -2.37. The van der Waals surface area contributed by atoms with Gasteiger partial charge in [-0.25, -0.2) is 0 Å². The van der Waals surface area contributed by atoms with E-state index in [4.69, 9.17) is 0 Å². The molecule has 3 aromatic rings. The summed E-state index contributed by atoms with van der Waals surface area (Å²) in [5, 5.41) is 2.89. The first-order valence-corrected chi connectivity index (χ1v) is 11.8. The number of amides is 4. The van der Waals surface area contributed by atoms with E-state index in [1.807, 2.05) is 18.2 Å². The first kappa shape index (κ1) is 23.2. The molecule has 0 spiro atoms. The van der Waals surface area contributed by atoms with Crippen molar-refractivity contribution >= 4 is 35.0 Å². The standard InChI is InChI=1S/C27H25N5O4/c33-24-17-19-5-1-2-6-21(19)27(36)32(24)18-25(34)31-15-13-30(14-16-31)23-8-4-3-7-22(23)26(35)29-20-9-11-28-12-10-20/h1-12H,13-18H2,(H,28,29,35). The first-order valence-electron chi connectivity index (χ1n) is 11.8. The molecule has 182 valence electrons. The number of hydrogen-bond acceptors (Lipinski definition) is 6. The largest absolute Gasteiger partial charge is 0.367 e. The van der Waals surface area contributed by atoms with Crippen LogP contribution >= 0.6 is 0 Å². The molecule has 36 heavy (non-hydrogen) atoms. The van der Waals surface area contributed by atoms with E-state index in [9.17, 15) is 19.2 Å². The van der Waals surface area contributed by atoms with Crippen LogP contribution in [0, 0.1) is 0 Å². The molecule has 1 N–H and O–H groups in total. The lowest BCUT2D eigenvalue weighted by molar-refractivity contribution is -0.138. The fourth-order valence-electron chi connectivity index (χ4n) is 4.57. The number of nitrogens with one attached hydrogen (secondary N) is 1. The van der Waals surface area contributed by atoms with Gasteiger partial charge >= 0.3 is 0 Å². The molecule has 1 aromatic heterocycles. The molecule has 2 aromatic carbocycles. The number of hydrogen-bond donors (Lipinski definition) is 1. The summed E-state index contributed by atoms with van der Waals surface area (Å²) in [7, 11) is 0. The summed E-state index contributed by atoms with van der Waals surface area (Å²) < 4.78 is 0. The van der Waals surface area contributed by atoms with Gasteiger partial charge in [-0.05, 0) is 35.9 Å². The van der Waals surface area contributed by atoms with Crippen LogP contribution in [-0.4, -0.2) is 71.1 Å². The lowest BCUT2D eigenvalue weighted by atomic mass is 9.98. The van der Waals surface area contributed by atoms with E-state index in [1.54, 1.807) is 59.8 Å². The molecule has 5 rings (SSSR count). The highest BCUT2D eigenvalue weighted by atomic mass is 16.2. The molecule has 3 heterocycles. The van der Waals surface area contributed by atoms with Gasteiger partial charge in [-0.3, -0.25) is 29.1 Å². The van der Waals surface area contributed by atoms with Gasteiger partial charge in [0.05, 0.1) is 12.0 Å². The van der Waals surface area contributed by atoms with E-state index in [0.717, 1.165) is 10.6 Å². The predicted octanol–water partition coefficient (Wildman–Crippen LogP) is 2.21. The topological polar surface area (TPSA) is 103 Å². The fourth-order valence-corrected chi connectivity index (χ4v) is 4.57. The maximum Gasteiger partial charge on any atom is 0.261 e. The van der Waals surface area contributed by atoms with Crippen molar-refractivity contribution in [3.63, 3.8) is 0 Å². The Balaban J connectivity index is 1.22. The summed E-state index contributed by atoms with van der Waals surface area (Å²) in [5.41, 5.74) is 3.14. The quantitative estimate of drug-likeness (QED) is 0.559. The number of piperazine rings is 1. The van der Waals surface area contributed by atoms with Crippen molar-refractivity contribution in [1.29, 1.82) is 0 Å². The summed E-state index contributed by atoms with van der Waals surface area (Å²) in [6, 6.07) is 17.8. The van der Waals surface area contributed by atoms with Crippen LogP contribution in [0.2, 0.25) is 0 Å². The molecule has 2 aliphatic heterocycles. The third kappa shape index (κ3) is 4.68. The molecular weight excluding hydrogens is 458 g/mol. The van der Waals surface area contributed by atoms with Crippen molar-refractivity contribution in [3.8, 4) is 0 Å². The summed E-state index contributed by atoms with van der Waals surface area (Å²) >= 11 is 0. The van der Waals surface area contributed by atoms with E-state index < -0.39 is 5.91 Å². The molecule has 0 atom stereocenters. The Labute approximate surface area is 208 Å². The van der Waals surface area contributed by atoms with Gasteiger partial charge in [-0.1, -0.05) is 30.3 Å². The van der Waals surface area contributed by atoms with Crippen molar-refractivity contribution in [2.75, 3.05) is 42.9 Å². The molecule has 4 amide bonds. The van der Waals surface area contributed by atoms with Crippen LogP contribution < -0.4 is 10.2 Å². The van der Waals surface area contributed by atoms with Crippen molar-refractivity contribution in [3.05, 3.63) is 89.7 Å². The minimum Gasteiger partial charge on any atom is -0.367 e. The number of anilines is 2. The Kier molecular flexibility index (Phi) is 6.44. The van der Waals surface area contributed by atoms with Gasteiger partial charge < -0.3 is 15.1 Å². The number of imide groups is 1. The van der Waals surface area contributed by atoms with Gasteiger partial charge in [-0.15, -0.1) is 0 Å². The van der Waals surface area contributed by atoms with E-state index in [0.29, 0.717) is 48.6 Å². The second kappa shape index (κ2) is 9.99. The summed E-state index contributed by atoms with van der Waals surface area (Å²) in [4.78, 5) is 60.0. The summed E-state index contributed by atoms with van der Waals surface area (Å²) in [5.74, 6) is -1.28. The van der Waals surface area contributed by atoms with Crippen molar-refractivity contribution < 1.29 is 19.2 Å². The average Bonchev–Trinajstić information content (AvgIpc) is 2.91. The number of para-hydroxylation sites is 1. The highest BCUT2D eigenvalue weighted by Gasteiger charge is 2.34. The van der Waals surface area contributed by atoms with Crippen LogP contribution in [-0.2, 0) is 16.0 Å². The Morgan fingerprint density at radius 3 is 2.33 bits per heavy atom. The summed E-state index contributed by atoms with van der Waals surface area (Å²) in [6.07, 6.45) is 3.34. The van der Waals surface area contributed by atoms with E-state index in [-0.39, 0.29) is 30.7 Å². The molecule has 0 unspecified atom stereocenters. The molecule has 9 nitrogen and oxygen atoms in total.